The summed E-state index contributed by atoms with van der Waals surface area (Å²) in [4.78, 5) is 32.5. The van der Waals surface area contributed by atoms with Crippen molar-refractivity contribution in [3.63, 3.8) is 0 Å². The van der Waals surface area contributed by atoms with E-state index in [9.17, 15) is 19.7 Å². The summed E-state index contributed by atoms with van der Waals surface area (Å²) in [5.74, 6) is -1.12. The van der Waals surface area contributed by atoms with Gasteiger partial charge < -0.3 is 15.7 Å². The molecule has 0 aliphatic carbocycles. The number of amides is 2. The lowest BCUT2D eigenvalue weighted by atomic mass is 10.2. The van der Waals surface area contributed by atoms with Crippen molar-refractivity contribution in [3.8, 4) is 0 Å². The fraction of sp³-hybridized carbons (Fsp3) is 0.333. The summed E-state index contributed by atoms with van der Waals surface area (Å²) in [6.07, 6.45) is 0.252. The number of benzene rings is 1. The summed E-state index contributed by atoms with van der Waals surface area (Å²) in [6, 6.07) is 2.33. The number of carboxylic acid groups (broad SMARTS) is 1. The summed E-state index contributed by atoms with van der Waals surface area (Å²) in [7, 11) is 0. The monoisotopic (exact) mass is 281 g/mol. The Labute approximate surface area is 114 Å². The number of hydrogen-bond donors (Lipinski definition) is 3. The maximum Gasteiger partial charge on any atom is 0.326 e. The Morgan fingerprint density at radius 2 is 2.10 bits per heavy atom. The summed E-state index contributed by atoms with van der Waals surface area (Å²) in [5, 5.41) is 24.2. The first-order chi connectivity index (χ1) is 9.35. The fourth-order valence-electron chi connectivity index (χ4n) is 1.56. The van der Waals surface area contributed by atoms with Gasteiger partial charge in [0.15, 0.2) is 0 Å². The molecule has 0 fully saturated rings. The molecule has 1 aromatic rings. The molecule has 1 aromatic carbocycles. The minimum atomic E-state index is -1.12. The van der Waals surface area contributed by atoms with E-state index in [4.69, 9.17) is 5.11 Å². The van der Waals surface area contributed by atoms with Crippen molar-refractivity contribution in [1.82, 2.24) is 5.32 Å². The van der Waals surface area contributed by atoms with Crippen LogP contribution < -0.4 is 10.6 Å². The van der Waals surface area contributed by atoms with E-state index in [0.717, 1.165) is 0 Å². The highest BCUT2D eigenvalue weighted by Crippen LogP contribution is 2.20. The van der Waals surface area contributed by atoms with Crippen LogP contribution in [0.25, 0.3) is 0 Å². The summed E-state index contributed by atoms with van der Waals surface area (Å²) in [6.45, 7) is 3.24. The van der Waals surface area contributed by atoms with Crippen LogP contribution in [-0.2, 0) is 4.79 Å². The molecule has 1 atom stereocenters. The molecular weight excluding hydrogens is 266 g/mol. The van der Waals surface area contributed by atoms with Crippen LogP contribution in [0, 0.1) is 17.0 Å². The van der Waals surface area contributed by atoms with Gasteiger partial charge in [-0.3, -0.25) is 10.1 Å². The lowest BCUT2D eigenvalue weighted by Gasteiger charge is -2.14. The van der Waals surface area contributed by atoms with E-state index in [1.165, 1.54) is 18.2 Å². The molecular formula is C12H15N3O5. The van der Waals surface area contributed by atoms with Crippen molar-refractivity contribution >= 4 is 23.4 Å². The van der Waals surface area contributed by atoms with Crippen molar-refractivity contribution in [3.05, 3.63) is 33.9 Å². The first-order valence-electron chi connectivity index (χ1n) is 5.90. The van der Waals surface area contributed by atoms with Gasteiger partial charge in [0.1, 0.15) is 6.04 Å². The van der Waals surface area contributed by atoms with Crippen molar-refractivity contribution < 1.29 is 19.6 Å². The van der Waals surface area contributed by atoms with E-state index in [2.05, 4.69) is 10.6 Å². The van der Waals surface area contributed by atoms with E-state index in [0.29, 0.717) is 11.3 Å². The van der Waals surface area contributed by atoms with Crippen LogP contribution in [0.2, 0.25) is 0 Å². The average molecular weight is 281 g/mol. The average Bonchev–Trinajstić information content (AvgIpc) is 2.37. The van der Waals surface area contributed by atoms with E-state index < -0.39 is 23.0 Å². The Morgan fingerprint density at radius 3 is 2.55 bits per heavy atom. The Kier molecular flexibility index (Phi) is 5.01. The van der Waals surface area contributed by atoms with Gasteiger partial charge in [-0.15, -0.1) is 0 Å². The van der Waals surface area contributed by atoms with Crippen LogP contribution in [0.4, 0.5) is 16.2 Å². The summed E-state index contributed by atoms with van der Waals surface area (Å²) < 4.78 is 0. The van der Waals surface area contributed by atoms with Crippen LogP contribution in [-0.4, -0.2) is 28.1 Å². The highest BCUT2D eigenvalue weighted by Gasteiger charge is 2.18. The van der Waals surface area contributed by atoms with Gasteiger partial charge >= 0.3 is 12.0 Å². The first-order valence-corrected chi connectivity index (χ1v) is 5.90. The molecule has 3 N–H and O–H groups in total. The number of nitro groups is 1. The molecule has 2 amide bonds. The number of aryl methyl sites for hydroxylation is 1. The highest BCUT2D eigenvalue weighted by atomic mass is 16.6. The molecule has 108 valence electrons. The van der Waals surface area contributed by atoms with Gasteiger partial charge in [0.05, 0.1) is 4.92 Å². The van der Waals surface area contributed by atoms with Gasteiger partial charge in [-0.1, -0.05) is 6.92 Å². The molecule has 8 heteroatoms. The van der Waals surface area contributed by atoms with Crippen molar-refractivity contribution in [2.24, 2.45) is 0 Å². The number of hydrogen-bond acceptors (Lipinski definition) is 4. The second-order valence-corrected chi connectivity index (χ2v) is 4.15. The number of nitrogens with one attached hydrogen (secondary N) is 2. The molecule has 0 aromatic heterocycles. The Bertz CT molecular complexity index is 544. The standard InChI is InChI=1S/C12H15N3O5/c1-3-9(11(16)17)13-12(18)14-10-5-4-8(15(19)20)6-7(10)2/h4-6,9H,3H2,1-2H3,(H,16,17)(H2,13,14,18)/t9-/m0/s1. The third-order valence-electron chi connectivity index (χ3n) is 2.68. The van der Waals surface area contributed by atoms with Crippen LogP contribution in [0.3, 0.4) is 0 Å². The zero-order valence-electron chi connectivity index (χ0n) is 11.0. The number of urea groups is 1. The van der Waals surface area contributed by atoms with E-state index in [-0.39, 0.29) is 12.1 Å². The predicted octanol–water partition coefficient (Wildman–Crippen LogP) is 1.89. The van der Waals surface area contributed by atoms with E-state index in [1.807, 2.05) is 0 Å². The number of rotatable bonds is 5. The zero-order chi connectivity index (χ0) is 15.3. The van der Waals surface area contributed by atoms with Gasteiger partial charge in [0.2, 0.25) is 0 Å². The topological polar surface area (TPSA) is 122 Å². The van der Waals surface area contributed by atoms with Gasteiger partial charge in [0.25, 0.3) is 5.69 Å². The molecule has 0 spiro atoms. The Hall–Kier alpha value is -2.64. The number of aliphatic carboxylic acids is 1. The number of non-ortho nitro benzene ring substituents is 1. The van der Waals surface area contributed by atoms with Crippen LogP contribution >= 0.6 is 0 Å². The third kappa shape index (κ3) is 3.94. The minimum Gasteiger partial charge on any atom is -0.480 e. The largest absolute Gasteiger partial charge is 0.480 e. The summed E-state index contributed by atoms with van der Waals surface area (Å²) in [5.41, 5.74) is 0.816. The SMILES string of the molecule is CC[C@H](NC(=O)Nc1ccc([N+](=O)[O-])cc1C)C(=O)O. The molecule has 0 unspecified atom stereocenters. The normalized spacial score (nSPS) is 11.5. The lowest BCUT2D eigenvalue weighted by molar-refractivity contribution is -0.384. The highest BCUT2D eigenvalue weighted by molar-refractivity contribution is 5.93. The second-order valence-electron chi connectivity index (χ2n) is 4.15. The number of anilines is 1. The van der Waals surface area contributed by atoms with Crippen LogP contribution in [0.5, 0.6) is 0 Å². The maximum absolute atomic E-state index is 11.6. The lowest BCUT2D eigenvalue weighted by Crippen LogP contribution is -2.42. The smallest absolute Gasteiger partial charge is 0.326 e. The first kappa shape index (κ1) is 15.4. The number of carbonyl (C=O) groups excluding carboxylic acids is 1. The summed E-state index contributed by atoms with van der Waals surface area (Å²) >= 11 is 0. The fourth-order valence-corrected chi connectivity index (χ4v) is 1.56. The molecule has 1 rings (SSSR count). The number of nitro benzene ring substituents is 1. The Balaban J connectivity index is 2.76. The Morgan fingerprint density at radius 1 is 1.45 bits per heavy atom. The molecule has 0 saturated carbocycles. The number of carboxylic acids is 1. The van der Waals surface area contributed by atoms with Gasteiger partial charge in [-0.05, 0) is 25.0 Å². The van der Waals surface area contributed by atoms with Gasteiger partial charge in [-0.2, -0.15) is 0 Å². The zero-order valence-corrected chi connectivity index (χ0v) is 11.0. The number of nitrogens with zero attached hydrogens (tertiary/aromatic N) is 1. The molecule has 0 aliphatic heterocycles. The molecule has 0 heterocycles. The molecule has 0 saturated heterocycles. The van der Waals surface area contributed by atoms with Gasteiger partial charge in [0, 0.05) is 17.8 Å². The minimum absolute atomic E-state index is 0.0783. The molecule has 0 bridgehead atoms. The molecule has 20 heavy (non-hydrogen) atoms. The van der Waals surface area contributed by atoms with Crippen LogP contribution in [0.1, 0.15) is 18.9 Å². The molecule has 8 nitrogen and oxygen atoms in total. The third-order valence-corrected chi connectivity index (χ3v) is 2.68. The quantitative estimate of drug-likeness (QED) is 0.562. The second kappa shape index (κ2) is 6.50. The molecule has 0 radical (unpaired) electrons. The van der Waals surface area contributed by atoms with Gasteiger partial charge in [-0.25, -0.2) is 9.59 Å². The van der Waals surface area contributed by atoms with E-state index >= 15 is 0 Å². The van der Waals surface area contributed by atoms with Crippen LogP contribution in [0.15, 0.2) is 18.2 Å². The molecule has 0 aliphatic rings. The van der Waals surface area contributed by atoms with E-state index in [1.54, 1.807) is 13.8 Å². The van der Waals surface area contributed by atoms with Crippen molar-refractivity contribution in [2.45, 2.75) is 26.3 Å². The predicted molar refractivity (Wildman–Crippen MR) is 71.7 cm³/mol. The maximum atomic E-state index is 11.6. The number of carbonyl (C=O) groups is 2. The van der Waals surface area contributed by atoms with Crippen molar-refractivity contribution in [2.75, 3.05) is 5.32 Å². The van der Waals surface area contributed by atoms with Crippen molar-refractivity contribution in [1.29, 1.82) is 0 Å².